The fourth-order valence-corrected chi connectivity index (χ4v) is 1.82. The van der Waals surface area contributed by atoms with Gasteiger partial charge in [0.25, 0.3) is 0 Å². The summed E-state index contributed by atoms with van der Waals surface area (Å²) in [6.45, 7) is 2.18. The Morgan fingerprint density at radius 2 is 2.06 bits per heavy atom. The fraction of sp³-hybridized carbons (Fsp3) is 0.846. The first kappa shape index (κ1) is 13.0. The van der Waals surface area contributed by atoms with Gasteiger partial charge in [-0.3, -0.25) is 4.79 Å². The zero-order valence-corrected chi connectivity index (χ0v) is 10.2. The largest absolute Gasteiger partial charge is 0.340 e. The van der Waals surface area contributed by atoms with Crippen LogP contribution in [0, 0.1) is 17.2 Å². The van der Waals surface area contributed by atoms with Crippen molar-refractivity contribution in [3.63, 3.8) is 0 Å². The number of nitriles is 1. The maximum absolute atomic E-state index is 11.5. The molecule has 1 rings (SSSR count). The average molecular weight is 222 g/mol. The highest BCUT2D eigenvalue weighted by Gasteiger charge is 2.31. The molecule has 0 aromatic heterocycles. The fourth-order valence-electron chi connectivity index (χ4n) is 1.82. The number of carbonyl (C=O) groups excluding carboxylic acids is 1. The van der Waals surface area contributed by atoms with Crippen LogP contribution in [0.3, 0.4) is 0 Å². The predicted octanol–water partition coefficient (Wildman–Crippen LogP) is 2.77. The molecule has 0 radical (unpaired) electrons. The molecule has 1 aliphatic carbocycles. The lowest BCUT2D eigenvalue weighted by Crippen LogP contribution is -2.35. The van der Waals surface area contributed by atoms with E-state index in [9.17, 15) is 4.79 Å². The molecular weight excluding hydrogens is 200 g/mol. The van der Waals surface area contributed by atoms with Gasteiger partial charge in [-0.25, -0.2) is 0 Å². The first-order valence-electron chi connectivity index (χ1n) is 6.47. The maximum Gasteiger partial charge on any atom is 0.221 e. The number of nitrogens with one attached hydrogen (secondary N) is 1. The van der Waals surface area contributed by atoms with Gasteiger partial charge in [-0.05, 0) is 25.2 Å². The lowest BCUT2D eigenvalue weighted by atomic mass is 10.1. The van der Waals surface area contributed by atoms with Crippen molar-refractivity contribution >= 4 is 5.91 Å². The van der Waals surface area contributed by atoms with Crippen molar-refractivity contribution in [2.45, 2.75) is 64.3 Å². The van der Waals surface area contributed by atoms with E-state index in [2.05, 4.69) is 18.3 Å². The molecule has 0 spiro atoms. The molecule has 1 saturated carbocycles. The lowest BCUT2D eigenvalue weighted by Gasteiger charge is -2.09. The van der Waals surface area contributed by atoms with Crippen LogP contribution in [0.25, 0.3) is 0 Å². The Kier molecular flexibility index (Phi) is 5.92. The van der Waals surface area contributed by atoms with Crippen LogP contribution in [-0.4, -0.2) is 11.9 Å². The van der Waals surface area contributed by atoms with Crippen molar-refractivity contribution in [3.8, 4) is 6.07 Å². The van der Waals surface area contributed by atoms with Gasteiger partial charge >= 0.3 is 0 Å². The van der Waals surface area contributed by atoms with Crippen LogP contribution in [0.15, 0.2) is 0 Å². The molecule has 0 aliphatic heterocycles. The number of rotatable bonds is 8. The minimum absolute atomic E-state index is 0.0509. The molecule has 0 aromatic rings. The van der Waals surface area contributed by atoms with Crippen LogP contribution in [-0.2, 0) is 4.79 Å². The van der Waals surface area contributed by atoms with Gasteiger partial charge in [0.1, 0.15) is 6.04 Å². The van der Waals surface area contributed by atoms with E-state index in [4.69, 9.17) is 5.26 Å². The molecule has 0 heterocycles. The van der Waals surface area contributed by atoms with Gasteiger partial charge in [-0.15, -0.1) is 0 Å². The van der Waals surface area contributed by atoms with E-state index in [-0.39, 0.29) is 11.9 Å². The summed E-state index contributed by atoms with van der Waals surface area (Å²) < 4.78 is 0. The third-order valence-electron chi connectivity index (χ3n) is 3.06. The van der Waals surface area contributed by atoms with Crippen LogP contribution >= 0.6 is 0 Å². The van der Waals surface area contributed by atoms with Crippen LogP contribution in [0.2, 0.25) is 0 Å². The van der Waals surface area contributed by atoms with E-state index >= 15 is 0 Å². The number of nitrogens with zero attached hydrogens (tertiary/aromatic N) is 1. The first-order valence-corrected chi connectivity index (χ1v) is 6.47. The highest BCUT2D eigenvalue weighted by Crippen LogP contribution is 2.32. The minimum Gasteiger partial charge on any atom is -0.340 e. The monoisotopic (exact) mass is 222 g/mol. The first-order chi connectivity index (χ1) is 7.77. The number of unbranched alkanes of at least 4 members (excludes halogenated alkanes) is 4. The summed E-state index contributed by atoms with van der Waals surface area (Å²) in [6.07, 6.45) is 8.54. The van der Waals surface area contributed by atoms with Gasteiger partial charge in [0, 0.05) is 6.42 Å². The number of amides is 1. The average Bonchev–Trinajstić information content (AvgIpc) is 3.09. The number of carbonyl (C=O) groups is 1. The second-order valence-electron chi connectivity index (χ2n) is 4.68. The van der Waals surface area contributed by atoms with E-state index in [0.29, 0.717) is 12.3 Å². The summed E-state index contributed by atoms with van der Waals surface area (Å²) in [4.78, 5) is 11.5. The highest BCUT2D eigenvalue weighted by atomic mass is 16.1. The van der Waals surface area contributed by atoms with E-state index in [0.717, 1.165) is 25.7 Å². The van der Waals surface area contributed by atoms with Crippen molar-refractivity contribution in [1.82, 2.24) is 5.32 Å². The Morgan fingerprint density at radius 1 is 1.38 bits per heavy atom. The van der Waals surface area contributed by atoms with E-state index in [1.807, 2.05) is 0 Å². The van der Waals surface area contributed by atoms with Crippen molar-refractivity contribution in [2.75, 3.05) is 0 Å². The molecule has 1 unspecified atom stereocenters. The van der Waals surface area contributed by atoms with E-state index in [1.54, 1.807) is 0 Å². The molecule has 0 bridgehead atoms. The molecule has 3 heteroatoms. The molecule has 1 fully saturated rings. The smallest absolute Gasteiger partial charge is 0.221 e. The van der Waals surface area contributed by atoms with Crippen LogP contribution in [0.4, 0.5) is 0 Å². The third-order valence-corrected chi connectivity index (χ3v) is 3.06. The van der Waals surface area contributed by atoms with Crippen LogP contribution < -0.4 is 5.32 Å². The Balaban J connectivity index is 2.03. The molecule has 1 atom stereocenters. The van der Waals surface area contributed by atoms with Crippen molar-refractivity contribution in [2.24, 2.45) is 5.92 Å². The third kappa shape index (κ3) is 5.16. The van der Waals surface area contributed by atoms with Gasteiger partial charge in [-0.1, -0.05) is 32.6 Å². The zero-order valence-electron chi connectivity index (χ0n) is 10.2. The SMILES string of the molecule is CCCCCCCC(=O)NC(C#N)C1CC1. The standard InChI is InChI=1S/C13H22N2O/c1-2-3-4-5-6-7-13(16)15-12(10-14)11-8-9-11/h11-12H,2-9H2,1H3,(H,15,16). The Bertz CT molecular complexity index is 253. The topological polar surface area (TPSA) is 52.9 Å². The summed E-state index contributed by atoms with van der Waals surface area (Å²) in [5.41, 5.74) is 0. The van der Waals surface area contributed by atoms with Crippen molar-refractivity contribution < 1.29 is 4.79 Å². The predicted molar refractivity (Wildman–Crippen MR) is 63.6 cm³/mol. The zero-order chi connectivity index (χ0) is 11.8. The molecule has 16 heavy (non-hydrogen) atoms. The van der Waals surface area contributed by atoms with Gasteiger partial charge in [0.05, 0.1) is 6.07 Å². The molecule has 1 amide bonds. The van der Waals surface area contributed by atoms with Crippen LogP contribution in [0.5, 0.6) is 0 Å². The molecule has 1 aliphatic rings. The van der Waals surface area contributed by atoms with Gasteiger partial charge in [-0.2, -0.15) is 5.26 Å². The number of hydrogen-bond donors (Lipinski definition) is 1. The molecule has 0 saturated heterocycles. The second-order valence-corrected chi connectivity index (χ2v) is 4.68. The van der Waals surface area contributed by atoms with Gasteiger partial charge < -0.3 is 5.32 Å². The van der Waals surface area contributed by atoms with Crippen LogP contribution in [0.1, 0.15) is 58.3 Å². The van der Waals surface area contributed by atoms with Gasteiger partial charge in [0.15, 0.2) is 0 Å². The summed E-state index contributed by atoms with van der Waals surface area (Å²) in [5, 5.41) is 11.7. The summed E-state index contributed by atoms with van der Waals surface area (Å²) in [6, 6.07) is 1.94. The number of hydrogen-bond acceptors (Lipinski definition) is 2. The summed E-state index contributed by atoms with van der Waals surface area (Å²) >= 11 is 0. The van der Waals surface area contributed by atoms with E-state index in [1.165, 1.54) is 19.3 Å². The van der Waals surface area contributed by atoms with Crippen molar-refractivity contribution in [3.05, 3.63) is 0 Å². The second kappa shape index (κ2) is 7.27. The van der Waals surface area contributed by atoms with Gasteiger partial charge in [0.2, 0.25) is 5.91 Å². The highest BCUT2D eigenvalue weighted by molar-refractivity contribution is 5.76. The lowest BCUT2D eigenvalue weighted by molar-refractivity contribution is -0.121. The Morgan fingerprint density at radius 3 is 2.62 bits per heavy atom. The summed E-state index contributed by atoms with van der Waals surface area (Å²) in [7, 11) is 0. The molecule has 0 aromatic carbocycles. The maximum atomic E-state index is 11.5. The minimum atomic E-state index is -0.233. The van der Waals surface area contributed by atoms with E-state index < -0.39 is 0 Å². The quantitative estimate of drug-likeness (QED) is 0.642. The Labute approximate surface area is 98.2 Å². The molecule has 90 valence electrons. The Hall–Kier alpha value is -1.04. The molecule has 3 nitrogen and oxygen atoms in total. The summed E-state index contributed by atoms with van der Waals surface area (Å²) in [5.74, 6) is 0.476. The van der Waals surface area contributed by atoms with Crippen molar-refractivity contribution in [1.29, 1.82) is 5.26 Å². The normalized spacial score (nSPS) is 16.5. The molecule has 1 N–H and O–H groups in total. The molecular formula is C13H22N2O.